The minimum Gasteiger partial charge on any atom is -0.337 e. The van der Waals surface area contributed by atoms with Gasteiger partial charge in [-0.2, -0.15) is 5.26 Å². The minimum absolute atomic E-state index is 0.162. The summed E-state index contributed by atoms with van der Waals surface area (Å²) in [4.78, 5) is 18.1. The second kappa shape index (κ2) is 7.34. The van der Waals surface area contributed by atoms with Crippen LogP contribution in [-0.4, -0.2) is 28.9 Å². The number of nitrogens with zero attached hydrogens (tertiary/aromatic N) is 3. The number of anilines is 1. The fourth-order valence-corrected chi connectivity index (χ4v) is 1.76. The number of hydrogen-bond acceptors (Lipinski definition) is 5. The molecule has 0 unspecified atom stereocenters. The van der Waals surface area contributed by atoms with Gasteiger partial charge in [0.05, 0.1) is 18.1 Å². The van der Waals surface area contributed by atoms with Crippen molar-refractivity contribution in [1.29, 1.82) is 5.26 Å². The Kier molecular flexibility index (Phi) is 5.76. The normalized spacial score (nSPS) is 10.1. The van der Waals surface area contributed by atoms with Crippen LogP contribution in [0.2, 0.25) is 0 Å². The van der Waals surface area contributed by atoms with Crippen LogP contribution in [0, 0.1) is 17.2 Å². The van der Waals surface area contributed by atoms with Crippen molar-refractivity contribution >= 4 is 11.7 Å². The molecule has 1 amide bonds. The highest BCUT2D eigenvalue weighted by molar-refractivity contribution is 5.98. The van der Waals surface area contributed by atoms with Crippen LogP contribution in [0.5, 0.6) is 0 Å². The minimum atomic E-state index is -0.162. The summed E-state index contributed by atoms with van der Waals surface area (Å²) in [6.45, 7) is 5.06. The summed E-state index contributed by atoms with van der Waals surface area (Å²) >= 11 is 0. The highest BCUT2D eigenvalue weighted by atomic mass is 16.2. The Balaban J connectivity index is 2.94. The molecule has 1 rings (SSSR count). The molecule has 0 radical (unpaired) electrons. The Morgan fingerprint density at radius 3 is 2.95 bits per heavy atom. The van der Waals surface area contributed by atoms with Gasteiger partial charge in [0, 0.05) is 19.3 Å². The molecule has 6 heteroatoms. The first-order valence-electron chi connectivity index (χ1n) is 6.18. The van der Waals surface area contributed by atoms with Crippen molar-refractivity contribution < 1.29 is 4.79 Å². The standard InChI is InChI=1S/C13H19N5O/c1-10(2)9-18(8-4-6-14)13(19)11-5-3-7-16-12(11)17-15/h3,5,7,10H,4,8-9,15H2,1-2H3,(H,16,17). The molecule has 0 fully saturated rings. The quantitative estimate of drug-likeness (QED) is 0.596. The van der Waals surface area contributed by atoms with E-state index in [0.717, 1.165) is 0 Å². The lowest BCUT2D eigenvalue weighted by molar-refractivity contribution is 0.0740. The predicted molar refractivity (Wildman–Crippen MR) is 73.0 cm³/mol. The van der Waals surface area contributed by atoms with Gasteiger partial charge in [0.15, 0.2) is 5.82 Å². The first-order chi connectivity index (χ1) is 9.10. The monoisotopic (exact) mass is 261 g/mol. The summed E-state index contributed by atoms with van der Waals surface area (Å²) in [6.07, 6.45) is 1.87. The molecule has 1 aromatic heterocycles. The molecule has 0 aromatic carbocycles. The van der Waals surface area contributed by atoms with Crippen molar-refractivity contribution in [3.05, 3.63) is 23.9 Å². The van der Waals surface area contributed by atoms with E-state index in [2.05, 4.69) is 16.5 Å². The van der Waals surface area contributed by atoms with Crippen LogP contribution >= 0.6 is 0 Å². The van der Waals surface area contributed by atoms with Gasteiger partial charge in [0.1, 0.15) is 0 Å². The number of hydrogen-bond donors (Lipinski definition) is 2. The van der Waals surface area contributed by atoms with Crippen LogP contribution in [0.3, 0.4) is 0 Å². The summed E-state index contributed by atoms with van der Waals surface area (Å²) < 4.78 is 0. The zero-order valence-corrected chi connectivity index (χ0v) is 11.3. The highest BCUT2D eigenvalue weighted by Crippen LogP contribution is 2.14. The van der Waals surface area contributed by atoms with Crippen LogP contribution in [0.4, 0.5) is 5.82 Å². The summed E-state index contributed by atoms with van der Waals surface area (Å²) in [5, 5.41) is 8.67. The molecule has 1 heterocycles. The Labute approximate surface area is 113 Å². The number of nitriles is 1. The molecule has 0 saturated carbocycles. The smallest absolute Gasteiger partial charge is 0.257 e. The van der Waals surface area contributed by atoms with E-state index in [9.17, 15) is 4.79 Å². The van der Waals surface area contributed by atoms with E-state index in [1.165, 1.54) is 0 Å². The van der Waals surface area contributed by atoms with Crippen molar-refractivity contribution in [2.45, 2.75) is 20.3 Å². The second-order valence-electron chi connectivity index (χ2n) is 4.60. The average molecular weight is 261 g/mol. The number of rotatable bonds is 6. The molecular formula is C13H19N5O. The van der Waals surface area contributed by atoms with E-state index >= 15 is 0 Å². The Hall–Kier alpha value is -2.13. The maximum absolute atomic E-state index is 12.4. The van der Waals surface area contributed by atoms with Crippen LogP contribution in [0.1, 0.15) is 30.6 Å². The number of nitrogen functional groups attached to an aromatic ring is 1. The summed E-state index contributed by atoms with van der Waals surface area (Å²) in [7, 11) is 0. The third-order valence-corrected chi connectivity index (χ3v) is 2.54. The Bertz CT molecular complexity index is 466. The highest BCUT2D eigenvalue weighted by Gasteiger charge is 2.19. The molecule has 102 valence electrons. The Morgan fingerprint density at radius 1 is 1.63 bits per heavy atom. The van der Waals surface area contributed by atoms with Crippen molar-refractivity contribution in [1.82, 2.24) is 9.88 Å². The van der Waals surface area contributed by atoms with Crippen LogP contribution < -0.4 is 11.3 Å². The number of aromatic nitrogens is 1. The number of nitrogens with one attached hydrogen (secondary N) is 1. The summed E-state index contributed by atoms with van der Waals surface area (Å²) in [5.74, 6) is 5.87. The van der Waals surface area contributed by atoms with Gasteiger partial charge in [-0.25, -0.2) is 10.8 Å². The van der Waals surface area contributed by atoms with Gasteiger partial charge in [-0.3, -0.25) is 4.79 Å². The molecule has 0 saturated heterocycles. The topological polar surface area (TPSA) is 95.0 Å². The number of carbonyl (C=O) groups is 1. The fourth-order valence-electron chi connectivity index (χ4n) is 1.76. The summed E-state index contributed by atoms with van der Waals surface area (Å²) in [6, 6.07) is 5.41. The zero-order valence-electron chi connectivity index (χ0n) is 11.3. The van der Waals surface area contributed by atoms with E-state index in [4.69, 9.17) is 11.1 Å². The van der Waals surface area contributed by atoms with E-state index in [1.54, 1.807) is 23.2 Å². The van der Waals surface area contributed by atoms with Crippen molar-refractivity contribution in [3.8, 4) is 6.07 Å². The van der Waals surface area contributed by atoms with Crippen LogP contribution in [0.15, 0.2) is 18.3 Å². The van der Waals surface area contributed by atoms with Crippen molar-refractivity contribution in [2.75, 3.05) is 18.5 Å². The Morgan fingerprint density at radius 2 is 2.37 bits per heavy atom. The predicted octanol–water partition coefficient (Wildman–Crippen LogP) is 1.38. The van der Waals surface area contributed by atoms with Gasteiger partial charge in [0.25, 0.3) is 5.91 Å². The lowest BCUT2D eigenvalue weighted by Crippen LogP contribution is -2.35. The maximum atomic E-state index is 12.4. The number of amides is 1. The van der Waals surface area contributed by atoms with Crippen LogP contribution in [0.25, 0.3) is 0 Å². The van der Waals surface area contributed by atoms with Gasteiger partial charge in [-0.05, 0) is 18.1 Å². The van der Waals surface area contributed by atoms with Gasteiger partial charge in [-0.15, -0.1) is 0 Å². The molecule has 0 aliphatic rings. The molecule has 0 aliphatic heterocycles. The molecule has 0 spiro atoms. The van der Waals surface area contributed by atoms with E-state index in [-0.39, 0.29) is 5.91 Å². The van der Waals surface area contributed by atoms with Gasteiger partial charge in [0.2, 0.25) is 0 Å². The second-order valence-corrected chi connectivity index (χ2v) is 4.60. The van der Waals surface area contributed by atoms with Crippen molar-refractivity contribution in [2.24, 2.45) is 11.8 Å². The summed E-state index contributed by atoms with van der Waals surface area (Å²) in [5.41, 5.74) is 2.84. The third kappa shape index (κ3) is 4.23. The number of nitrogens with two attached hydrogens (primary N) is 1. The first-order valence-corrected chi connectivity index (χ1v) is 6.18. The number of hydrazine groups is 1. The van der Waals surface area contributed by atoms with E-state index < -0.39 is 0 Å². The molecule has 3 N–H and O–H groups in total. The van der Waals surface area contributed by atoms with Gasteiger partial charge in [-0.1, -0.05) is 13.8 Å². The number of pyridine rings is 1. The average Bonchev–Trinajstić information content (AvgIpc) is 2.42. The van der Waals surface area contributed by atoms with Gasteiger partial charge >= 0.3 is 0 Å². The first kappa shape index (κ1) is 14.9. The zero-order chi connectivity index (χ0) is 14.3. The fraction of sp³-hybridized carbons (Fsp3) is 0.462. The van der Waals surface area contributed by atoms with Crippen LogP contribution in [-0.2, 0) is 0 Å². The van der Waals surface area contributed by atoms with E-state index in [0.29, 0.717) is 36.8 Å². The molecule has 0 aliphatic carbocycles. The lowest BCUT2D eigenvalue weighted by Gasteiger charge is -2.24. The molecule has 1 aromatic rings. The maximum Gasteiger partial charge on any atom is 0.257 e. The van der Waals surface area contributed by atoms with Crippen molar-refractivity contribution in [3.63, 3.8) is 0 Å². The SMILES string of the molecule is CC(C)CN(CCC#N)C(=O)c1cccnc1NN. The van der Waals surface area contributed by atoms with Gasteiger partial charge < -0.3 is 10.3 Å². The third-order valence-electron chi connectivity index (χ3n) is 2.54. The largest absolute Gasteiger partial charge is 0.337 e. The van der Waals surface area contributed by atoms with E-state index in [1.807, 2.05) is 13.8 Å². The number of carbonyl (C=O) groups excluding carboxylic acids is 1. The molecule has 19 heavy (non-hydrogen) atoms. The molecule has 0 atom stereocenters. The molecule has 6 nitrogen and oxygen atoms in total. The molecule has 0 bridgehead atoms. The lowest BCUT2D eigenvalue weighted by atomic mass is 10.1. The molecular weight excluding hydrogens is 242 g/mol.